The van der Waals surface area contributed by atoms with E-state index < -0.39 is 16.2 Å². The zero-order valence-corrected chi connectivity index (χ0v) is 57.3. The summed E-state index contributed by atoms with van der Waals surface area (Å²) in [6.45, 7) is 4.46. The third kappa shape index (κ3) is 8.94. The van der Waals surface area contributed by atoms with Gasteiger partial charge in [0.1, 0.15) is 0 Å². The van der Waals surface area contributed by atoms with E-state index in [-0.39, 0.29) is 0 Å². The molecule has 20 rings (SSSR count). The Hall–Kier alpha value is -12.9. The van der Waals surface area contributed by atoms with Gasteiger partial charge in [-0.25, -0.2) is 0 Å². The highest BCUT2D eigenvalue weighted by atomic mass is 15.1. The fraction of sp³-hybridized carbons (Fsp3) is 0.0495. The minimum Gasteiger partial charge on any atom is -0.310 e. The lowest BCUT2D eigenvalue weighted by atomic mass is 9.67. The van der Waals surface area contributed by atoms with Crippen LogP contribution in [0.3, 0.4) is 0 Å². The standard InChI is InChI=1S/C101H70N2/c1-67-40-57-86-89-60-55-81(64-96(89)99(94(86)62-67,73-26-10-4-11-27-73)74-28-12-5-13-29-74)103(82-56-61-90-87-58-41-68(2)63-95(87)100(97(90)65-82,75-30-14-6-15-31-75)76-32-16-7-17-33-76)79-52-46-72(47-53-79)71-44-50-78(51-45-71)102(77-48-42-70(43-49-77)69-24-8-3-9-25-69)80-54-59-88-85-36-20-23-39-93(85)101(98(88)66-80)91-37-21-18-34-83(91)84-35-19-22-38-92(84)101/h3-66H,1-2H3. The van der Waals surface area contributed by atoms with Crippen molar-refractivity contribution in [2.75, 3.05) is 9.80 Å². The molecule has 16 aromatic carbocycles. The molecule has 484 valence electrons. The van der Waals surface area contributed by atoms with Crippen molar-refractivity contribution < 1.29 is 0 Å². The van der Waals surface area contributed by atoms with Crippen LogP contribution in [0.25, 0.3) is 66.8 Å². The van der Waals surface area contributed by atoms with Gasteiger partial charge in [0.15, 0.2) is 0 Å². The molecule has 0 aromatic heterocycles. The maximum Gasteiger partial charge on any atom is 0.0726 e. The number of hydrogen-bond donors (Lipinski definition) is 0. The molecule has 0 unspecified atom stereocenters. The largest absolute Gasteiger partial charge is 0.310 e. The van der Waals surface area contributed by atoms with Gasteiger partial charge in [0.25, 0.3) is 0 Å². The molecule has 4 aliphatic rings. The Morgan fingerprint density at radius 3 is 0.709 bits per heavy atom. The summed E-state index contributed by atoms with van der Waals surface area (Å²) < 4.78 is 0. The Balaban J connectivity index is 0.744. The van der Waals surface area contributed by atoms with Crippen molar-refractivity contribution in [2.24, 2.45) is 0 Å². The lowest BCUT2D eigenvalue weighted by molar-refractivity contribution is 0.766. The van der Waals surface area contributed by atoms with Crippen molar-refractivity contribution >= 4 is 34.1 Å². The number of benzene rings is 16. The molecule has 0 radical (unpaired) electrons. The van der Waals surface area contributed by atoms with E-state index in [9.17, 15) is 0 Å². The second-order valence-electron chi connectivity index (χ2n) is 28.3. The molecule has 0 fully saturated rings. The van der Waals surface area contributed by atoms with E-state index in [1.807, 2.05) is 0 Å². The lowest BCUT2D eigenvalue weighted by Gasteiger charge is -2.36. The molecule has 0 saturated carbocycles. The normalized spacial score (nSPS) is 13.8. The molecule has 103 heavy (non-hydrogen) atoms. The van der Waals surface area contributed by atoms with Crippen molar-refractivity contribution in [3.63, 3.8) is 0 Å². The maximum absolute atomic E-state index is 2.51. The number of nitrogens with zero attached hydrogens (tertiary/aromatic N) is 2. The van der Waals surface area contributed by atoms with Gasteiger partial charge in [-0.2, -0.15) is 0 Å². The monoisotopic (exact) mass is 1310 g/mol. The van der Waals surface area contributed by atoms with Gasteiger partial charge in [-0.1, -0.05) is 327 Å². The third-order valence-corrected chi connectivity index (χ3v) is 23.0. The predicted octanol–water partition coefficient (Wildman–Crippen LogP) is 25.6. The number of rotatable bonds is 12. The highest BCUT2D eigenvalue weighted by Gasteiger charge is 2.53. The van der Waals surface area contributed by atoms with Crippen LogP contribution >= 0.6 is 0 Å². The molecule has 0 bridgehead atoms. The predicted molar refractivity (Wildman–Crippen MR) is 427 cm³/mol. The first-order chi connectivity index (χ1) is 50.9. The van der Waals surface area contributed by atoms with Crippen LogP contribution in [0.2, 0.25) is 0 Å². The van der Waals surface area contributed by atoms with Crippen molar-refractivity contribution in [3.05, 3.63) is 466 Å². The second kappa shape index (κ2) is 23.6. The van der Waals surface area contributed by atoms with E-state index in [0.29, 0.717) is 0 Å². The van der Waals surface area contributed by atoms with Crippen LogP contribution in [0.4, 0.5) is 34.1 Å². The van der Waals surface area contributed by atoms with Crippen LogP contribution in [0.1, 0.15) is 77.9 Å². The molecule has 0 aliphatic heterocycles. The molecule has 1 spiro atoms. The molecule has 0 heterocycles. The van der Waals surface area contributed by atoms with Crippen molar-refractivity contribution in [1.82, 2.24) is 0 Å². The minimum absolute atomic E-state index is 0.482. The molecular formula is C101H70N2. The number of fused-ring (bicyclic) bond motifs is 16. The third-order valence-electron chi connectivity index (χ3n) is 23.0. The molecule has 0 N–H and O–H groups in total. The lowest BCUT2D eigenvalue weighted by Crippen LogP contribution is -2.29. The zero-order chi connectivity index (χ0) is 68.4. The summed E-state index contributed by atoms with van der Waals surface area (Å²) in [5, 5.41) is 0. The Morgan fingerprint density at radius 2 is 0.388 bits per heavy atom. The average Bonchev–Trinajstić information content (AvgIpc) is 1.53. The van der Waals surface area contributed by atoms with Crippen LogP contribution in [0.15, 0.2) is 388 Å². The molecule has 0 saturated heterocycles. The number of hydrogen-bond acceptors (Lipinski definition) is 2. The summed E-state index contributed by atoms with van der Waals surface area (Å²) in [6.07, 6.45) is 0. The van der Waals surface area contributed by atoms with Crippen LogP contribution in [-0.4, -0.2) is 0 Å². The molecule has 0 atom stereocenters. The van der Waals surface area contributed by atoms with Crippen molar-refractivity contribution in [3.8, 4) is 66.8 Å². The van der Waals surface area contributed by atoms with Gasteiger partial charge in [0, 0.05) is 34.1 Å². The molecule has 0 amide bonds. The Labute approximate surface area is 603 Å². The van der Waals surface area contributed by atoms with Gasteiger partial charge >= 0.3 is 0 Å². The summed E-state index contributed by atoms with van der Waals surface area (Å²) in [4.78, 5) is 4.96. The Morgan fingerprint density at radius 1 is 0.165 bits per heavy atom. The van der Waals surface area contributed by atoms with Gasteiger partial charge in [-0.3, -0.25) is 0 Å². The molecule has 2 nitrogen and oxygen atoms in total. The van der Waals surface area contributed by atoms with E-state index in [2.05, 4.69) is 412 Å². The summed E-state index contributed by atoms with van der Waals surface area (Å²) in [5.74, 6) is 0. The molecular weight excluding hydrogens is 1240 g/mol. The minimum atomic E-state index is -0.603. The quantitative estimate of drug-likeness (QED) is 0.120. The van der Waals surface area contributed by atoms with E-state index in [1.54, 1.807) is 0 Å². The topological polar surface area (TPSA) is 6.48 Å². The number of aryl methyl sites for hydroxylation is 2. The van der Waals surface area contributed by atoms with Crippen molar-refractivity contribution in [1.29, 1.82) is 0 Å². The Kier molecular flexibility index (Phi) is 13.8. The smallest absolute Gasteiger partial charge is 0.0726 e. The second-order valence-corrected chi connectivity index (χ2v) is 28.3. The van der Waals surface area contributed by atoms with Crippen LogP contribution in [0, 0.1) is 13.8 Å². The highest BCUT2D eigenvalue weighted by Crippen LogP contribution is 2.65. The fourth-order valence-corrected chi connectivity index (χ4v) is 18.6. The number of anilines is 6. The maximum atomic E-state index is 2.51. The summed E-state index contributed by atoms with van der Waals surface area (Å²) in [5.41, 5.74) is 37.5. The van der Waals surface area contributed by atoms with E-state index in [0.717, 1.165) is 45.3 Å². The van der Waals surface area contributed by atoms with E-state index >= 15 is 0 Å². The molecule has 4 aliphatic carbocycles. The van der Waals surface area contributed by atoms with Crippen molar-refractivity contribution in [2.45, 2.75) is 30.1 Å². The summed E-state index contributed by atoms with van der Waals surface area (Å²) in [7, 11) is 0. The SMILES string of the molecule is Cc1ccc2c(c1)C(c1ccccc1)(c1ccccc1)c1cc(N(c3ccc(-c4ccc(N(c5ccc(-c6ccccc6)cc5)c5ccc6c(c5)C5(c7ccccc7-c7ccccc75)c5ccccc5-6)cc4)cc3)c3ccc4c(c3)C(c3ccccc3)(c3ccccc3)c3cc(C)ccc3-4)ccc1-2. The molecule has 16 aromatic rings. The average molecular weight is 1310 g/mol. The fourth-order valence-electron chi connectivity index (χ4n) is 18.6. The van der Waals surface area contributed by atoms with Crippen LogP contribution < -0.4 is 9.80 Å². The van der Waals surface area contributed by atoms with Crippen LogP contribution in [0.5, 0.6) is 0 Å². The van der Waals surface area contributed by atoms with Gasteiger partial charge < -0.3 is 9.80 Å². The summed E-state index contributed by atoms with van der Waals surface area (Å²) in [6, 6.07) is 146. The van der Waals surface area contributed by atoms with Gasteiger partial charge in [-0.05, 0) is 220 Å². The first-order valence-corrected chi connectivity index (χ1v) is 36.0. The Bertz CT molecular complexity index is 5650. The zero-order valence-electron chi connectivity index (χ0n) is 57.3. The van der Waals surface area contributed by atoms with Gasteiger partial charge in [0.05, 0.1) is 16.2 Å². The highest BCUT2D eigenvalue weighted by molar-refractivity contribution is 5.98. The summed E-state index contributed by atoms with van der Waals surface area (Å²) >= 11 is 0. The van der Waals surface area contributed by atoms with E-state index in [1.165, 1.54) is 134 Å². The van der Waals surface area contributed by atoms with Gasteiger partial charge in [0.2, 0.25) is 0 Å². The van der Waals surface area contributed by atoms with Gasteiger partial charge in [-0.15, -0.1) is 0 Å². The van der Waals surface area contributed by atoms with E-state index in [4.69, 9.17) is 0 Å². The first-order valence-electron chi connectivity index (χ1n) is 36.0. The molecule has 2 heteroatoms. The first kappa shape index (κ1) is 60.1. The van der Waals surface area contributed by atoms with Crippen LogP contribution in [-0.2, 0) is 16.2 Å².